The molecule has 27 heavy (non-hydrogen) atoms. The van der Waals surface area contributed by atoms with Crippen LogP contribution in [0.15, 0.2) is 58.2 Å². The molecule has 0 bridgehead atoms. The molecule has 9 heteroatoms. The van der Waals surface area contributed by atoms with E-state index in [-0.39, 0.29) is 22.5 Å². The van der Waals surface area contributed by atoms with Crippen molar-refractivity contribution in [1.29, 1.82) is 0 Å². The number of hydrogen-bond donors (Lipinski definition) is 1. The van der Waals surface area contributed by atoms with Crippen LogP contribution in [0.2, 0.25) is 0 Å². The van der Waals surface area contributed by atoms with Crippen LogP contribution in [0.4, 0.5) is 0 Å². The lowest BCUT2D eigenvalue weighted by Crippen LogP contribution is -2.32. The van der Waals surface area contributed by atoms with Crippen LogP contribution >= 0.6 is 0 Å². The summed E-state index contributed by atoms with van der Waals surface area (Å²) in [7, 11) is -2.44. The highest BCUT2D eigenvalue weighted by atomic mass is 32.2. The van der Waals surface area contributed by atoms with Crippen molar-refractivity contribution in [3.63, 3.8) is 0 Å². The molecule has 0 spiro atoms. The Balaban J connectivity index is 1.92. The van der Waals surface area contributed by atoms with Crippen LogP contribution in [-0.2, 0) is 10.0 Å². The smallest absolute Gasteiger partial charge is 0.245 e. The Labute approximate surface area is 157 Å². The summed E-state index contributed by atoms with van der Waals surface area (Å²) in [6.07, 6.45) is 3.25. The van der Waals surface area contributed by atoms with Gasteiger partial charge in [-0.1, -0.05) is 31.1 Å². The maximum Gasteiger partial charge on any atom is 0.245 e. The summed E-state index contributed by atoms with van der Waals surface area (Å²) in [6, 6.07) is 9.27. The number of ether oxygens (including phenoxy) is 1. The number of para-hydroxylation sites is 1. The van der Waals surface area contributed by atoms with Gasteiger partial charge < -0.3 is 9.26 Å². The first-order chi connectivity index (χ1) is 12.9. The van der Waals surface area contributed by atoms with Crippen molar-refractivity contribution in [2.45, 2.75) is 24.8 Å². The number of hydrogen-bond acceptors (Lipinski definition) is 7. The van der Waals surface area contributed by atoms with Crippen LogP contribution < -0.4 is 9.46 Å². The highest BCUT2D eigenvalue weighted by Gasteiger charge is 2.30. The molecule has 3 aromatic rings. The summed E-state index contributed by atoms with van der Waals surface area (Å²) in [5.41, 5.74) is 0.683. The topological polar surface area (TPSA) is 107 Å². The van der Waals surface area contributed by atoms with Gasteiger partial charge in [0.15, 0.2) is 0 Å². The zero-order valence-electron chi connectivity index (χ0n) is 15.2. The third kappa shape index (κ3) is 4.15. The molecule has 1 atom stereocenters. The van der Waals surface area contributed by atoms with Crippen molar-refractivity contribution in [3.05, 3.63) is 54.7 Å². The van der Waals surface area contributed by atoms with Crippen molar-refractivity contribution in [1.82, 2.24) is 19.8 Å². The molecule has 1 N–H and O–H groups in total. The minimum atomic E-state index is -3.87. The van der Waals surface area contributed by atoms with Gasteiger partial charge in [0.1, 0.15) is 16.7 Å². The number of rotatable bonds is 7. The zero-order chi connectivity index (χ0) is 19.4. The van der Waals surface area contributed by atoms with Gasteiger partial charge in [-0.25, -0.2) is 8.42 Å². The molecule has 0 saturated heterocycles. The molecular weight excluding hydrogens is 368 g/mol. The number of methoxy groups -OCH3 is 1. The minimum absolute atomic E-state index is 0.0464. The van der Waals surface area contributed by atoms with Crippen LogP contribution in [-0.4, -0.2) is 30.7 Å². The summed E-state index contributed by atoms with van der Waals surface area (Å²) < 4.78 is 38.9. The Morgan fingerprint density at radius 3 is 2.59 bits per heavy atom. The minimum Gasteiger partial charge on any atom is -0.495 e. The van der Waals surface area contributed by atoms with Gasteiger partial charge in [0.2, 0.25) is 21.7 Å². The molecule has 142 valence electrons. The first-order valence-corrected chi connectivity index (χ1v) is 9.80. The monoisotopic (exact) mass is 388 g/mol. The molecule has 0 aliphatic carbocycles. The molecule has 0 saturated carbocycles. The van der Waals surface area contributed by atoms with E-state index >= 15 is 0 Å². The summed E-state index contributed by atoms with van der Waals surface area (Å²) >= 11 is 0. The summed E-state index contributed by atoms with van der Waals surface area (Å²) in [6.45, 7) is 3.73. The molecule has 0 radical (unpaired) electrons. The Morgan fingerprint density at radius 2 is 1.93 bits per heavy atom. The Hall–Kier alpha value is -2.78. The van der Waals surface area contributed by atoms with E-state index in [0.717, 1.165) is 0 Å². The predicted octanol–water partition coefficient (Wildman–Crippen LogP) is 2.82. The molecule has 0 fully saturated rings. The molecule has 8 nitrogen and oxygen atoms in total. The van der Waals surface area contributed by atoms with Crippen LogP contribution in [0.5, 0.6) is 5.75 Å². The maximum atomic E-state index is 12.9. The molecule has 3 rings (SSSR count). The Bertz CT molecular complexity index is 1000. The summed E-state index contributed by atoms with van der Waals surface area (Å²) in [5.74, 6) is 0.660. The Kier molecular flexibility index (Phi) is 5.52. The van der Waals surface area contributed by atoms with Gasteiger partial charge in [-0.3, -0.25) is 4.98 Å². The average Bonchev–Trinajstić information content (AvgIpc) is 3.16. The highest BCUT2D eigenvalue weighted by Crippen LogP contribution is 2.28. The van der Waals surface area contributed by atoms with Gasteiger partial charge in [0.05, 0.1) is 7.11 Å². The van der Waals surface area contributed by atoms with E-state index in [1.54, 1.807) is 42.7 Å². The lowest BCUT2D eigenvalue weighted by molar-refractivity contribution is 0.311. The van der Waals surface area contributed by atoms with Crippen molar-refractivity contribution in [3.8, 4) is 17.1 Å². The third-order valence-corrected chi connectivity index (χ3v) is 5.42. The zero-order valence-corrected chi connectivity index (χ0v) is 16.0. The third-order valence-electron chi connectivity index (χ3n) is 3.93. The number of sulfonamides is 1. The molecule has 1 unspecified atom stereocenters. The van der Waals surface area contributed by atoms with Gasteiger partial charge in [0.25, 0.3) is 0 Å². The lowest BCUT2D eigenvalue weighted by atomic mass is 10.1. The van der Waals surface area contributed by atoms with Gasteiger partial charge >= 0.3 is 0 Å². The fourth-order valence-electron chi connectivity index (χ4n) is 2.52. The molecule has 2 heterocycles. The van der Waals surface area contributed by atoms with Crippen molar-refractivity contribution in [2.75, 3.05) is 7.11 Å². The Morgan fingerprint density at radius 1 is 1.15 bits per heavy atom. The van der Waals surface area contributed by atoms with Gasteiger partial charge in [0, 0.05) is 18.0 Å². The normalized spacial score (nSPS) is 12.9. The summed E-state index contributed by atoms with van der Waals surface area (Å²) in [4.78, 5) is 8.41. The summed E-state index contributed by atoms with van der Waals surface area (Å²) in [5, 5.41) is 3.94. The molecule has 0 aliphatic rings. The number of nitrogens with one attached hydrogen (secondary N) is 1. The number of aromatic nitrogens is 3. The molecule has 1 aromatic carbocycles. The standard InChI is InChI=1S/C18H20N4O4S/c1-12(2)16(18-20-17(21-26-18)13-7-6-10-19-11-13)22-27(23,24)15-9-5-4-8-14(15)25-3/h4-12,16,22H,1-3H3. The predicted molar refractivity (Wildman–Crippen MR) is 98.4 cm³/mol. The van der Waals surface area contributed by atoms with E-state index in [9.17, 15) is 8.42 Å². The molecule has 2 aromatic heterocycles. The van der Waals surface area contributed by atoms with E-state index in [0.29, 0.717) is 11.4 Å². The van der Waals surface area contributed by atoms with E-state index in [2.05, 4.69) is 19.8 Å². The first kappa shape index (κ1) is 19.0. The van der Waals surface area contributed by atoms with Crippen molar-refractivity contribution >= 4 is 10.0 Å². The lowest BCUT2D eigenvalue weighted by Gasteiger charge is -2.19. The van der Waals surface area contributed by atoms with E-state index in [4.69, 9.17) is 9.26 Å². The fraction of sp³-hybridized carbons (Fsp3) is 0.278. The molecule has 0 amide bonds. The van der Waals surface area contributed by atoms with Crippen LogP contribution in [0, 0.1) is 5.92 Å². The maximum absolute atomic E-state index is 12.9. The average molecular weight is 388 g/mol. The van der Waals surface area contributed by atoms with E-state index in [1.165, 1.54) is 13.2 Å². The first-order valence-electron chi connectivity index (χ1n) is 8.31. The van der Waals surface area contributed by atoms with Gasteiger partial charge in [-0.05, 0) is 30.2 Å². The SMILES string of the molecule is COc1ccccc1S(=O)(=O)NC(c1nc(-c2cccnc2)no1)C(C)C. The quantitative estimate of drug-likeness (QED) is 0.663. The molecule has 0 aliphatic heterocycles. The second kappa shape index (κ2) is 7.85. The van der Waals surface area contributed by atoms with Gasteiger partial charge in [-0.2, -0.15) is 9.71 Å². The van der Waals surface area contributed by atoms with Crippen LogP contribution in [0.1, 0.15) is 25.8 Å². The van der Waals surface area contributed by atoms with Gasteiger partial charge in [-0.15, -0.1) is 0 Å². The van der Waals surface area contributed by atoms with Crippen molar-refractivity contribution in [2.24, 2.45) is 5.92 Å². The fourth-order valence-corrected chi connectivity index (χ4v) is 4.03. The highest BCUT2D eigenvalue weighted by molar-refractivity contribution is 7.89. The number of pyridine rings is 1. The van der Waals surface area contributed by atoms with E-state index < -0.39 is 16.1 Å². The second-order valence-electron chi connectivity index (χ2n) is 6.19. The van der Waals surface area contributed by atoms with E-state index in [1.807, 2.05) is 13.8 Å². The second-order valence-corrected chi connectivity index (χ2v) is 7.87. The van der Waals surface area contributed by atoms with Crippen LogP contribution in [0.3, 0.4) is 0 Å². The van der Waals surface area contributed by atoms with Crippen LogP contribution in [0.25, 0.3) is 11.4 Å². The largest absolute Gasteiger partial charge is 0.495 e. The number of nitrogens with zero attached hydrogens (tertiary/aromatic N) is 3. The number of benzene rings is 1. The van der Waals surface area contributed by atoms with Crippen molar-refractivity contribution < 1.29 is 17.7 Å². The molecular formula is C18H20N4O4S.